The lowest BCUT2D eigenvalue weighted by Crippen LogP contribution is -2.58. The van der Waals surface area contributed by atoms with Gasteiger partial charge in [0.15, 0.2) is 0 Å². The summed E-state index contributed by atoms with van der Waals surface area (Å²) in [6.45, 7) is 8.37. The highest BCUT2D eigenvalue weighted by atomic mass is 16.8. The van der Waals surface area contributed by atoms with E-state index in [1.165, 1.54) is 21.1 Å². The van der Waals surface area contributed by atoms with Gasteiger partial charge in [0.1, 0.15) is 42.9 Å². The number of likely N-dealkylation sites (tertiary alicyclic amines) is 2. The lowest BCUT2D eigenvalue weighted by molar-refractivity contribution is -0.213. The van der Waals surface area contributed by atoms with Crippen LogP contribution in [0.1, 0.15) is 64.9 Å². The first kappa shape index (κ1) is 57.6. The third-order valence-electron chi connectivity index (χ3n) is 11.8. The molecule has 2 saturated heterocycles. The Morgan fingerprint density at radius 2 is 1.67 bits per heavy atom. The topological polar surface area (TPSA) is 308 Å². The third-order valence-corrected chi connectivity index (χ3v) is 11.8. The maximum absolute atomic E-state index is 13.2. The minimum Gasteiger partial charge on any atom is -0.445 e. The summed E-state index contributed by atoms with van der Waals surface area (Å²) in [5.74, 6) is -3.01. The molecule has 4 atom stereocenters. The predicted molar refractivity (Wildman–Crippen MR) is 264 cm³/mol. The number of hydrogen-bond acceptors (Lipinski definition) is 16. The molecule has 6 rings (SSSR count). The molecule has 0 bridgehead atoms. The van der Waals surface area contributed by atoms with E-state index >= 15 is 0 Å². The zero-order valence-corrected chi connectivity index (χ0v) is 42.3. The normalized spacial score (nSPS) is 17.0. The fourth-order valence-electron chi connectivity index (χ4n) is 7.79. The number of aryl methyl sites for hydroxylation is 1. The lowest BCUT2D eigenvalue weighted by atomic mass is 9.87. The number of anilines is 2. The van der Waals surface area contributed by atoms with E-state index in [0.29, 0.717) is 48.2 Å². The van der Waals surface area contributed by atoms with Crippen LogP contribution in [0.5, 0.6) is 0 Å². The molecule has 394 valence electrons. The van der Waals surface area contributed by atoms with Crippen molar-refractivity contribution in [1.29, 1.82) is 5.26 Å². The minimum absolute atomic E-state index is 0.0127. The van der Waals surface area contributed by atoms with Gasteiger partial charge in [-0.1, -0.05) is 39.3 Å². The summed E-state index contributed by atoms with van der Waals surface area (Å²) in [7, 11) is 7.13. The summed E-state index contributed by atoms with van der Waals surface area (Å²) >= 11 is 0. The first-order valence-corrected chi connectivity index (χ1v) is 23.7. The second kappa shape index (κ2) is 28.2. The molecule has 3 aliphatic rings. The van der Waals surface area contributed by atoms with Crippen LogP contribution in [0, 0.1) is 17.2 Å². The van der Waals surface area contributed by atoms with Crippen molar-refractivity contribution < 1.29 is 52.8 Å². The van der Waals surface area contributed by atoms with Crippen molar-refractivity contribution in [2.24, 2.45) is 18.7 Å². The summed E-state index contributed by atoms with van der Waals surface area (Å²) in [6.07, 6.45) is 7.87. The molecule has 5 N–H and O–H groups in total. The fourth-order valence-corrected chi connectivity index (χ4v) is 7.79. The molecule has 25 nitrogen and oxygen atoms in total. The second-order valence-electron chi connectivity index (χ2n) is 17.7. The van der Waals surface area contributed by atoms with Gasteiger partial charge in [-0.15, -0.1) is 5.06 Å². The number of likely N-dealkylation sites (N-methyl/N-ethyl adjacent to an activating group) is 2. The van der Waals surface area contributed by atoms with E-state index in [1.807, 2.05) is 41.9 Å². The zero-order valence-electron chi connectivity index (χ0n) is 42.3. The van der Waals surface area contributed by atoms with E-state index in [4.69, 9.17) is 20.7 Å². The average molecular weight is 1020 g/mol. The molecule has 3 unspecified atom stereocenters. The number of nitriles is 1. The largest absolute Gasteiger partial charge is 0.445 e. The van der Waals surface area contributed by atoms with Crippen LogP contribution in [0.3, 0.4) is 0 Å². The number of nitrogens with one attached hydrogen (secondary N) is 3. The molecule has 9 amide bonds. The number of carbonyl (C=O) groups is 9. The van der Waals surface area contributed by atoms with Gasteiger partial charge in [0, 0.05) is 91.0 Å². The highest BCUT2D eigenvalue weighted by molar-refractivity contribution is 6.11. The van der Waals surface area contributed by atoms with Gasteiger partial charge in [0.2, 0.25) is 35.9 Å². The van der Waals surface area contributed by atoms with Crippen LogP contribution >= 0.6 is 0 Å². The van der Waals surface area contributed by atoms with Crippen molar-refractivity contribution >= 4 is 76.4 Å². The lowest BCUT2D eigenvalue weighted by Gasteiger charge is -2.47. The molecule has 0 saturated carbocycles. The SMILES string of the molecule is CCC.CN(C=O)CCN(C)C(=O)OCc1ccc(NC(=O)CNC(=O)C2CCCN2C(=O)C(CC(N)=O)NON2C(=O)C=CC2=O)cc1.C[C@H]1CN(C(=O)CC#N)C1CCN(C)c1ncnc2c1ccn2C. The first-order chi connectivity index (χ1) is 34.8. The molecule has 3 aliphatic heterocycles. The van der Waals surface area contributed by atoms with Crippen LogP contribution in [0.2, 0.25) is 0 Å². The molecule has 1 aromatic carbocycles. The molecule has 25 heteroatoms. The number of fused-ring (bicyclic) bond motifs is 1. The van der Waals surface area contributed by atoms with Crippen molar-refractivity contribution in [2.75, 3.05) is 70.6 Å². The number of carbonyl (C=O) groups excluding carboxylic acids is 9. The molecule has 0 radical (unpaired) electrons. The number of aromatic nitrogens is 3. The van der Waals surface area contributed by atoms with Crippen LogP contribution in [0.4, 0.5) is 16.3 Å². The molecular formula is C48H66N14O11. The summed E-state index contributed by atoms with van der Waals surface area (Å²) in [6, 6.07) is 8.30. The molecule has 2 aromatic heterocycles. The Hall–Kier alpha value is -7.98. The number of benzene rings is 1. The third kappa shape index (κ3) is 16.5. The van der Waals surface area contributed by atoms with Gasteiger partial charge in [-0.25, -0.2) is 14.8 Å². The number of rotatable bonds is 21. The molecule has 5 heterocycles. The first-order valence-electron chi connectivity index (χ1n) is 23.7. The van der Waals surface area contributed by atoms with Crippen LogP contribution in [-0.2, 0) is 61.7 Å². The van der Waals surface area contributed by atoms with Crippen molar-refractivity contribution in [3.8, 4) is 6.07 Å². The van der Waals surface area contributed by atoms with E-state index in [1.54, 1.807) is 44.7 Å². The number of nitrogens with zero attached hydrogens (tertiary/aromatic N) is 10. The standard InChI is InChI=1S/C28H36N8O10.C17H22N6O.C3H8/c1-33(17-37)12-13-34(2)28(44)45-16-18-5-7-19(8-6-18)31-23(39)15-30-26(42)21-4-3-11-35(21)27(43)20(14-22(29)38)32-46-36-24(40)9-10-25(36)41;1-12-10-23(15(24)4-7-18)14(12)6-9-22(3)17-13-5-8-21(2)16(13)19-11-20-17;1-3-2/h5-10,17,20-21,32H,3-4,11-16H2,1-2H3,(H2,29,38)(H,30,42)(H,31,39);5,8,11-12,14H,4,6,9-10H2,1-3H3;3H2,1-2H3/t;12-,14?;/m.0./s1. The monoisotopic (exact) mass is 1010 g/mol. The van der Waals surface area contributed by atoms with Crippen LogP contribution in [0.25, 0.3) is 11.0 Å². The predicted octanol–water partition coefficient (Wildman–Crippen LogP) is 0.966. The Bertz CT molecular complexity index is 2490. The molecular weight excluding hydrogens is 949 g/mol. The van der Waals surface area contributed by atoms with Crippen molar-refractivity contribution in [2.45, 2.75) is 84.0 Å². The van der Waals surface area contributed by atoms with Crippen molar-refractivity contribution in [3.05, 3.63) is 60.6 Å². The van der Waals surface area contributed by atoms with Gasteiger partial charge >= 0.3 is 6.09 Å². The van der Waals surface area contributed by atoms with Crippen LogP contribution in [0.15, 0.2) is 55.0 Å². The molecule has 73 heavy (non-hydrogen) atoms. The van der Waals surface area contributed by atoms with E-state index in [2.05, 4.69) is 51.8 Å². The number of ether oxygens (including phenoxy) is 1. The van der Waals surface area contributed by atoms with E-state index < -0.39 is 66.6 Å². The Kier molecular flexibility index (Phi) is 22.2. The number of hydrogen-bond donors (Lipinski definition) is 4. The van der Waals surface area contributed by atoms with Crippen LogP contribution < -0.4 is 26.7 Å². The Labute approximate surface area is 423 Å². The second-order valence-corrected chi connectivity index (χ2v) is 17.7. The summed E-state index contributed by atoms with van der Waals surface area (Å²) in [4.78, 5) is 130. The molecule has 0 aliphatic carbocycles. The number of primary amides is 1. The summed E-state index contributed by atoms with van der Waals surface area (Å²) in [5.41, 5.74) is 9.47. The summed E-state index contributed by atoms with van der Waals surface area (Å²) < 4.78 is 7.22. The maximum Gasteiger partial charge on any atom is 0.409 e. The molecule has 0 spiro atoms. The Morgan fingerprint density at radius 1 is 0.986 bits per heavy atom. The molecule has 2 fully saturated rings. The highest BCUT2D eigenvalue weighted by Gasteiger charge is 2.40. The Balaban J connectivity index is 0.000000355. The molecule has 3 aromatic rings. The Morgan fingerprint density at radius 3 is 2.30 bits per heavy atom. The van der Waals surface area contributed by atoms with Gasteiger partial charge in [0.25, 0.3) is 11.8 Å². The van der Waals surface area contributed by atoms with E-state index in [-0.39, 0.29) is 37.9 Å². The van der Waals surface area contributed by atoms with Crippen molar-refractivity contribution in [3.63, 3.8) is 0 Å². The van der Waals surface area contributed by atoms with E-state index in [9.17, 15) is 43.2 Å². The number of imide groups is 1. The number of nitrogens with two attached hydrogens (primary N) is 1. The van der Waals surface area contributed by atoms with Gasteiger partial charge < -0.3 is 50.2 Å². The number of hydroxylamine groups is 3. The van der Waals surface area contributed by atoms with Gasteiger partial charge in [-0.2, -0.15) is 15.7 Å². The zero-order chi connectivity index (χ0) is 53.8. The van der Waals surface area contributed by atoms with Gasteiger partial charge in [0.05, 0.1) is 24.4 Å². The average Bonchev–Trinajstić information content (AvgIpc) is 4.10. The number of amides is 9. The fraction of sp³-hybridized carbons (Fsp3) is 0.500. The van der Waals surface area contributed by atoms with Crippen molar-refractivity contribution in [1.82, 2.24) is 50.0 Å². The summed E-state index contributed by atoms with van der Waals surface area (Å²) in [5, 5.41) is 15.2. The minimum atomic E-state index is -1.40. The smallest absolute Gasteiger partial charge is 0.409 e. The quantitative estimate of drug-likeness (QED) is 0.0656. The van der Waals surface area contributed by atoms with Gasteiger partial charge in [-0.05, 0) is 48.9 Å². The van der Waals surface area contributed by atoms with Gasteiger partial charge in [-0.3, -0.25) is 38.4 Å². The maximum atomic E-state index is 13.2. The van der Waals surface area contributed by atoms with E-state index in [0.717, 1.165) is 48.5 Å². The van der Waals surface area contributed by atoms with Crippen LogP contribution in [-0.4, -0.2) is 172 Å². The highest BCUT2D eigenvalue weighted by Crippen LogP contribution is 2.29.